The molecule has 1 aromatic heterocycles. The van der Waals surface area contributed by atoms with Crippen LogP contribution >= 0.6 is 11.8 Å². The second kappa shape index (κ2) is 2.83. The van der Waals surface area contributed by atoms with Crippen LogP contribution in [0.25, 0.3) is 0 Å². The third-order valence-electron chi connectivity index (χ3n) is 1.91. The molecule has 0 bridgehead atoms. The molecular formula is C8H10N2S. The van der Waals surface area contributed by atoms with Gasteiger partial charge in [0.1, 0.15) is 0 Å². The lowest BCUT2D eigenvalue weighted by molar-refractivity contribution is 0.755. The van der Waals surface area contributed by atoms with Crippen LogP contribution in [0.15, 0.2) is 23.2 Å². The van der Waals surface area contributed by atoms with Gasteiger partial charge in [-0.2, -0.15) is 0 Å². The highest BCUT2D eigenvalue weighted by Gasteiger charge is 2.22. The molecule has 1 aliphatic rings. The minimum Gasteiger partial charge on any atom is -0.330 e. The zero-order valence-electron chi connectivity index (χ0n) is 6.16. The van der Waals surface area contributed by atoms with Gasteiger partial charge in [-0.1, -0.05) is 0 Å². The Morgan fingerprint density at radius 3 is 3.45 bits per heavy atom. The molecular weight excluding hydrogens is 156 g/mol. The molecule has 3 heteroatoms. The Labute approximate surface area is 70.2 Å². The Morgan fingerprint density at radius 1 is 1.73 bits per heavy atom. The summed E-state index contributed by atoms with van der Waals surface area (Å²) in [7, 11) is 0. The molecule has 1 aromatic rings. The van der Waals surface area contributed by atoms with E-state index in [0.717, 1.165) is 12.3 Å². The van der Waals surface area contributed by atoms with E-state index in [-0.39, 0.29) is 0 Å². The van der Waals surface area contributed by atoms with Crippen LogP contribution in [-0.2, 0) is 0 Å². The standard InChI is InChI=1S/C8H10N2S/c9-4-6-5-11-7-2-1-3-10-8(6)7/h1-3,6H,4-5,9H2/t6-/m1/s1. The number of hydrogen-bond donors (Lipinski definition) is 1. The summed E-state index contributed by atoms with van der Waals surface area (Å²) in [6.45, 7) is 0.719. The first kappa shape index (κ1) is 7.13. The number of rotatable bonds is 1. The van der Waals surface area contributed by atoms with Gasteiger partial charge in [-0.3, -0.25) is 4.98 Å². The number of fused-ring (bicyclic) bond motifs is 1. The fraction of sp³-hybridized carbons (Fsp3) is 0.375. The van der Waals surface area contributed by atoms with E-state index in [0.29, 0.717) is 5.92 Å². The summed E-state index contributed by atoms with van der Waals surface area (Å²) in [4.78, 5) is 5.62. The van der Waals surface area contributed by atoms with Crippen LogP contribution in [0.1, 0.15) is 11.6 Å². The average Bonchev–Trinajstić information content (AvgIpc) is 2.47. The topological polar surface area (TPSA) is 38.9 Å². The van der Waals surface area contributed by atoms with Gasteiger partial charge in [0.15, 0.2) is 0 Å². The number of aromatic nitrogens is 1. The van der Waals surface area contributed by atoms with Crippen molar-refractivity contribution in [3.63, 3.8) is 0 Å². The summed E-state index contributed by atoms with van der Waals surface area (Å²) in [5.74, 6) is 1.58. The van der Waals surface area contributed by atoms with Crippen LogP contribution in [0.3, 0.4) is 0 Å². The van der Waals surface area contributed by atoms with E-state index in [1.165, 1.54) is 10.6 Å². The average molecular weight is 166 g/mol. The molecule has 0 unspecified atom stereocenters. The normalized spacial score (nSPS) is 21.7. The first-order chi connectivity index (χ1) is 5.42. The maximum Gasteiger partial charge on any atom is 0.0591 e. The molecule has 11 heavy (non-hydrogen) atoms. The van der Waals surface area contributed by atoms with Crippen molar-refractivity contribution in [1.82, 2.24) is 4.98 Å². The smallest absolute Gasteiger partial charge is 0.0591 e. The molecule has 0 aromatic carbocycles. The second-order valence-electron chi connectivity index (χ2n) is 2.63. The van der Waals surface area contributed by atoms with E-state index < -0.39 is 0 Å². The van der Waals surface area contributed by atoms with Gasteiger partial charge in [-0.15, -0.1) is 11.8 Å². The molecule has 2 heterocycles. The first-order valence-corrected chi connectivity index (χ1v) is 4.68. The quantitative estimate of drug-likeness (QED) is 0.682. The van der Waals surface area contributed by atoms with Crippen LogP contribution in [0, 0.1) is 0 Å². The maximum atomic E-state index is 5.60. The third kappa shape index (κ3) is 1.14. The molecule has 2 rings (SSSR count). The Balaban J connectivity index is 2.39. The van der Waals surface area contributed by atoms with Gasteiger partial charge < -0.3 is 5.73 Å². The Bertz CT molecular complexity index is 262. The molecule has 1 aliphatic heterocycles. The minimum absolute atomic E-state index is 0.483. The maximum absolute atomic E-state index is 5.60. The highest BCUT2D eigenvalue weighted by Crippen LogP contribution is 2.36. The van der Waals surface area contributed by atoms with Gasteiger partial charge in [0.2, 0.25) is 0 Å². The lowest BCUT2D eigenvalue weighted by Crippen LogP contribution is -2.12. The van der Waals surface area contributed by atoms with Crippen molar-refractivity contribution in [2.24, 2.45) is 5.73 Å². The molecule has 2 nitrogen and oxygen atoms in total. The number of thioether (sulfide) groups is 1. The number of hydrogen-bond acceptors (Lipinski definition) is 3. The van der Waals surface area contributed by atoms with Gasteiger partial charge >= 0.3 is 0 Å². The lowest BCUT2D eigenvalue weighted by atomic mass is 10.1. The van der Waals surface area contributed by atoms with Crippen molar-refractivity contribution in [2.45, 2.75) is 10.8 Å². The van der Waals surface area contributed by atoms with E-state index >= 15 is 0 Å². The predicted octanol–water partition coefficient (Wildman–Crippen LogP) is 1.23. The SMILES string of the molecule is NC[C@@H]1CSc2cccnc21. The van der Waals surface area contributed by atoms with Gasteiger partial charge in [-0.25, -0.2) is 0 Å². The molecule has 0 radical (unpaired) electrons. The summed E-state index contributed by atoms with van der Waals surface area (Å²) < 4.78 is 0. The highest BCUT2D eigenvalue weighted by atomic mass is 32.2. The highest BCUT2D eigenvalue weighted by molar-refractivity contribution is 7.99. The Hall–Kier alpha value is -0.540. The van der Waals surface area contributed by atoms with Gasteiger partial charge in [-0.05, 0) is 12.1 Å². The van der Waals surface area contributed by atoms with E-state index in [4.69, 9.17) is 5.73 Å². The summed E-state index contributed by atoms with van der Waals surface area (Å²) >= 11 is 1.86. The summed E-state index contributed by atoms with van der Waals surface area (Å²) in [6, 6.07) is 4.09. The van der Waals surface area contributed by atoms with Crippen LogP contribution in [0.5, 0.6) is 0 Å². The Kier molecular flexibility index (Phi) is 1.84. The number of nitrogens with zero attached hydrogens (tertiary/aromatic N) is 1. The molecule has 0 aliphatic carbocycles. The fourth-order valence-corrected chi connectivity index (χ4v) is 2.50. The van der Waals surface area contributed by atoms with E-state index in [1.807, 2.05) is 24.0 Å². The van der Waals surface area contributed by atoms with E-state index in [1.54, 1.807) is 0 Å². The van der Waals surface area contributed by atoms with Crippen molar-refractivity contribution in [1.29, 1.82) is 0 Å². The van der Waals surface area contributed by atoms with Crippen molar-refractivity contribution in [2.75, 3.05) is 12.3 Å². The Morgan fingerprint density at radius 2 is 2.64 bits per heavy atom. The zero-order valence-corrected chi connectivity index (χ0v) is 6.97. The minimum atomic E-state index is 0.483. The molecule has 0 spiro atoms. The van der Waals surface area contributed by atoms with Gasteiger partial charge in [0.25, 0.3) is 0 Å². The van der Waals surface area contributed by atoms with Crippen molar-refractivity contribution >= 4 is 11.8 Å². The molecule has 0 fully saturated rings. The number of nitrogens with two attached hydrogens (primary N) is 1. The van der Waals surface area contributed by atoms with Crippen molar-refractivity contribution < 1.29 is 0 Å². The monoisotopic (exact) mass is 166 g/mol. The van der Waals surface area contributed by atoms with Crippen molar-refractivity contribution in [3.05, 3.63) is 24.0 Å². The van der Waals surface area contributed by atoms with E-state index in [9.17, 15) is 0 Å². The number of pyridine rings is 1. The largest absolute Gasteiger partial charge is 0.330 e. The first-order valence-electron chi connectivity index (χ1n) is 3.69. The predicted molar refractivity (Wildman–Crippen MR) is 46.8 cm³/mol. The summed E-state index contributed by atoms with van der Waals surface area (Å²) in [5.41, 5.74) is 6.79. The molecule has 0 saturated carbocycles. The molecule has 1 atom stereocenters. The molecule has 0 amide bonds. The third-order valence-corrected chi connectivity index (χ3v) is 3.14. The van der Waals surface area contributed by atoms with Crippen LogP contribution in [-0.4, -0.2) is 17.3 Å². The van der Waals surface area contributed by atoms with Crippen LogP contribution in [0.2, 0.25) is 0 Å². The molecule has 0 saturated heterocycles. The summed E-state index contributed by atoms with van der Waals surface area (Å²) in [6.07, 6.45) is 1.84. The fourth-order valence-electron chi connectivity index (χ4n) is 1.28. The second-order valence-corrected chi connectivity index (χ2v) is 3.69. The van der Waals surface area contributed by atoms with Gasteiger partial charge in [0.05, 0.1) is 5.69 Å². The zero-order chi connectivity index (χ0) is 7.68. The van der Waals surface area contributed by atoms with Crippen LogP contribution in [0.4, 0.5) is 0 Å². The van der Waals surface area contributed by atoms with Crippen molar-refractivity contribution in [3.8, 4) is 0 Å². The lowest BCUT2D eigenvalue weighted by Gasteiger charge is -2.03. The molecule has 2 N–H and O–H groups in total. The molecule has 58 valence electrons. The van der Waals surface area contributed by atoms with E-state index in [2.05, 4.69) is 11.1 Å². The van der Waals surface area contributed by atoms with Gasteiger partial charge in [0, 0.05) is 29.3 Å². The van der Waals surface area contributed by atoms with Crippen LogP contribution < -0.4 is 5.73 Å². The summed E-state index contributed by atoms with van der Waals surface area (Å²) in [5, 5.41) is 0.